The highest BCUT2D eigenvalue weighted by Gasteiger charge is 2.33. The minimum absolute atomic E-state index is 0.0415. The summed E-state index contributed by atoms with van der Waals surface area (Å²) in [5.41, 5.74) is 1.50. The van der Waals surface area contributed by atoms with E-state index in [1.165, 1.54) is 12.0 Å². The van der Waals surface area contributed by atoms with Gasteiger partial charge in [-0.2, -0.15) is 0 Å². The second-order valence-corrected chi connectivity index (χ2v) is 10.7. The Morgan fingerprint density at radius 3 is 2.45 bits per heavy atom. The molecular weight excluding hydrogens is 484 g/mol. The van der Waals surface area contributed by atoms with Gasteiger partial charge in [0.2, 0.25) is 17.7 Å². The van der Waals surface area contributed by atoms with Crippen LogP contribution in [0.4, 0.5) is 5.82 Å². The average Bonchev–Trinajstić information content (AvgIpc) is 3.28. The van der Waals surface area contributed by atoms with Crippen molar-refractivity contribution in [2.24, 2.45) is 0 Å². The van der Waals surface area contributed by atoms with Crippen LogP contribution < -0.4 is 15.4 Å². The largest absolute Gasteiger partial charge is 0.497 e. The molecule has 206 valence electrons. The Kier molecular flexibility index (Phi) is 10.1. The molecule has 2 N–H and O–H groups in total. The number of nitrogens with one attached hydrogen (secondary N) is 2. The lowest BCUT2D eigenvalue weighted by Crippen LogP contribution is -2.49. The lowest BCUT2D eigenvalue weighted by molar-refractivity contribution is -0.142. The van der Waals surface area contributed by atoms with E-state index in [1.807, 2.05) is 32.9 Å². The van der Waals surface area contributed by atoms with Crippen LogP contribution in [-0.2, 0) is 14.4 Å². The van der Waals surface area contributed by atoms with E-state index in [1.54, 1.807) is 37.1 Å². The molecule has 2 aromatic rings. The third-order valence-corrected chi connectivity index (χ3v) is 6.33. The lowest BCUT2D eigenvalue weighted by atomic mass is 9.96. The molecule has 0 aliphatic heterocycles. The van der Waals surface area contributed by atoms with E-state index in [2.05, 4.69) is 21.9 Å². The predicted octanol–water partition coefficient (Wildman–Crippen LogP) is 5.09. The van der Waals surface area contributed by atoms with Gasteiger partial charge in [-0.1, -0.05) is 28.9 Å². The first kappa shape index (κ1) is 28.9. The van der Waals surface area contributed by atoms with Crippen molar-refractivity contribution in [2.45, 2.75) is 84.2 Å². The number of anilines is 1. The molecule has 1 heterocycles. The smallest absolute Gasteiger partial charge is 0.247 e. The Morgan fingerprint density at radius 1 is 1.13 bits per heavy atom. The lowest BCUT2D eigenvalue weighted by Gasteiger charge is -2.34. The first-order valence-corrected chi connectivity index (χ1v) is 13.2. The maximum atomic E-state index is 13.7. The fraction of sp³-hybridized carbons (Fsp3) is 0.517. The molecule has 1 aliphatic carbocycles. The van der Waals surface area contributed by atoms with E-state index in [0.717, 1.165) is 19.3 Å². The van der Waals surface area contributed by atoms with Gasteiger partial charge in [-0.15, -0.1) is 0 Å². The summed E-state index contributed by atoms with van der Waals surface area (Å²) in [6.07, 6.45) is 7.20. The van der Waals surface area contributed by atoms with E-state index >= 15 is 0 Å². The summed E-state index contributed by atoms with van der Waals surface area (Å²) in [6, 6.07) is 7.95. The Hall–Kier alpha value is -3.62. The van der Waals surface area contributed by atoms with E-state index in [0.29, 0.717) is 35.9 Å². The molecule has 38 heavy (non-hydrogen) atoms. The van der Waals surface area contributed by atoms with Crippen LogP contribution >= 0.6 is 0 Å². The summed E-state index contributed by atoms with van der Waals surface area (Å²) in [5.74, 6) is 0.665. The van der Waals surface area contributed by atoms with E-state index in [-0.39, 0.29) is 30.6 Å². The molecule has 0 spiro atoms. The van der Waals surface area contributed by atoms with Crippen molar-refractivity contribution >= 4 is 23.5 Å². The molecule has 1 atom stereocenters. The van der Waals surface area contributed by atoms with Gasteiger partial charge in [-0.25, -0.2) is 0 Å². The van der Waals surface area contributed by atoms with Crippen molar-refractivity contribution in [3.8, 4) is 5.75 Å². The molecule has 1 aromatic carbocycles. The molecule has 0 bridgehead atoms. The summed E-state index contributed by atoms with van der Waals surface area (Å²) >= 11 is 0. The zero-order chi connectivity index (χ0) is 27.7. The van der Waals surface area contributed by atoms with Crippen LogP contribution in [0.2, 0.25) is 0 Å². The number of methoxy groups -OCH3 is 1. The maximum absolute atomic E-state index is 13.7. The molecule has 1 aliphatic rings. The number of carbonyl (C=O) groups is 3. The van der Waals surface area contributed by atoms with Crippen molar-refractivity contribution in [1.82, 2.24) is 15.4 Å². The number of amides is 3. The number of carbonyl (C=O) groups excluding carboxylic acids is 3. The first-order valence-electron chi connectivity index (χ1n) is 13.2. The number of aryl methyl sites for hydroxylation is 1. The molecule has 0 fully saturated rings. The van der Waals surface area contributed by atoms with Crippen LogP contribution in [0.1, 0.15) is 83.1 Å². The van der Waals surface area contributed by atoms with Gasteiger partial charge in [0, 0.05) is 31.0 Å². The first-order chi connectivity index (χ1) is 18.1. The second kappa shape index (κ2) is 13.3. The Labute approximate surface area is 225 Å². The van der Waals surface area contributed by atoms with Crippen LogP contribution in [0.15, 0.2) is 46.5 Å². The molecule has 0 saturated heterocycles. The molecule has 0 unspecified atom stereocenters. The zero-order valence-electron chi connectivity index (χ0n) is 23.1. The minimum Gasteiger partial charge on any atom is -0.497 e. The molecule has 9 heteroatoms. The highest BCUT2D eigenvalue weighted by Crippen LogP contribution is 2.28. The summed E-state index contributed by atoms with van der Waals surface area (Å²) in [5, 5.41) is 9.46. The normalized spacial score (nSPS) is 14.3. The van der Waals surface area contributed by atoms with E-state index in [9.17, 15) is 14.4 Å². The number of hydrogen-bond acceptors (Lipinski definition) is 6. The van der Waals surface area contributed by atoms with Gasteiger partial charge in [-0.05, 0) is 77.5 Å². The standard InChI is InChI=1S/C29H40N4O5/c1-20-19-24(32-38-20)30-25(34)15-16-26(35)33(18-17-21-9-7-6-8-10-21)27(28(36)31-29(2,3)4)22-11-13-23(37-5)14-12-22/h9,11-14,19,27H,6-8,10,15-18H2,1-5H3,(H,31,36)(H,30,32,34)/t27-/m0/s1. The van der Waals surface area contributed by atoms with Crippen LogP contribution in [0.5, 0.6) is 5.75 Å². The summed E-state index contributed by atoms with van der Waals surface area (Å²) in [6.45, 7) is 7.83. The third-order valence-electron chi connectivity index (χ3n) is 6.33. The minimum atomic E-state index is -0.849. The molecular formula is C29H40N4O5. The van der Waals surface area contributed by atoms with Crippen molar-refractivity contribution in [2.75, 3.05) is 19.0 Å². The topological polar surface area (TPSA) is 114 Å². The number of hydrogen-bond donors (Lipinski definition) is 2. The summed E-state index contributed by atoms with van der Waals surface area (Å²) in [7, 11) is 1.58. The monoisotopic (exact) mass is 524 g/mol. The van der Waals surface area contributed by atoms with Gasteiger partial charge in [0.1, 0.15) is 17.6 Å². The van der Waals surface area contributed by atoms with Gasteiger partial charge in [-0.3, -0.25) is 14.4 Å². The van der Waals surface area contributed by atoms with Crippen molar-refractivity contribution in [3.63, 3.8) is 0 Å². The molecule has 9 nitrogen and oxygen atoms in total. The third kappa shape index (κ3) is 8.75. The number of nitrogens with zero attached hydrogens (tertiary/aromatic N) is 2. The van der Waals surface area contributed by atoms with Crippen LogP contribution in [0.3, 0.4) is 0 Å². The van der Waals surface area contributed by atoms with Crippen LogP contribution in [0, 0.1) is 6.92 Å². The predicted molar refractivity (Wildman–Crippen MR) is 146 cm³/mol. The number of aromatic nitrogens is 1. The van der Waals surface area contributed by atoms with Gasteiger partial charge >= 0.3 is 0 Å². The maximum Gasteiger partial charge on any atom is 0.247 e. The second-order valence-electron chi connectivity index (χ2n) is 10.7. The van der Waals surface area contributed by atoms with Crippen molar-refractivity contribution in [1.29, 1.82) is 0 Å². The van der Waals surface area contributed by atoms with Gasteiger partial charge in [0.25, 0.3) is 0 Å². The van der Waals surface area contributed by atoms with Crippen molar-refractivity contribution in [3.05, 3.63) is 53.3 Å². The Bertz CT molecular complexity index is 1130. The quantitative estimate of drug-likeness (QED) is 0.396. The van der Waals surface area contributed by atoms with Crippen molar-refractivity contribution < 1.29 is 23.6 Å². The zero-order valence-corrected chi connectivity index (χ0v) is 23.1. The van der Waals surface area contributed by atoms with E-state index in [4.69, 9.17) is 9.26 Å². The molecule has 0 radical (unpaired) electrons. The number of ether oxygens (including phenoxy) is 1. The molecule has 3 rings (SSSR count). The Balaban J connectivity index is 1.85. The van der Waals surface area contributed by atoms with Gasteiger partial charge in [0.05, 0.1) is 7.11 Å². The average molecular weight is 525 g/mol. The fourth-order valence-electron chi connectivity index (χ4n) is 4.49. The highest BCUT2D eigenvalue weighted by atomic mass is 16.5. The Morgan fingerprint density at radius 2 is 1.87 bits per heavy atom. The molecule has 3 amide bonds. The number of allylic oxidation sites excluding steroid dienone is 1. The van der Waals surface area contributed by atoms with Crippen LogP contribution in [0.25, 0.3) is 0 Å². The summed E-state index contributed by atoms with van der Waals surface area (Å²) < 4.78 is 10.3. The molecule has 0 saturated carbocycles. The molecule has 1 aromatic heterocycles. The van der Waals surface area contributed by atoms with Gasteiger partial charge < -0.3 is 24.8 Å². The SMILES string of the molecule is COc1ccc([C@@H](C(=O)NC(C)(C)C)N(CCC2=CCCCC2)C(=O)CCC(=O)Nc2cc(C)on2)cc1. The van der Waals surface area contributed by atoms with Crippen LogP contribution in [-0.4, -0.2) is 47.0 Å². The number of rotatable bonds is 11. The fourth-order valence-corrected chi connectivity index (χ4v) is 4.49. The van der Waals surface area contributed by atoms with Gasteiger partial charge in [0.15, 0.2) is 5.82 Å². The van der Waals surface area contributed by atoms with E-state index < -0.39 is 11.6 Å². The highest BCUT2D eigenvalue weighted by molar-refractivity contribution is 5.94. The summed E-state index contributed by atoms with van der Waals surface area (Å²) in [4.78, 5) is 41.5. The number of benzene rings is 1.